The molecule has 3 nitrogen and oxygen atoms in total. The van der Waals surface area contributed by atoms with Gasteiger partial charge < -0.3 is 0 Å². The second-order valence-corrected chi connectivity index (χ2v) is 6.78. The van der Waals surface area contributed by atoms with E-state index in [1.54, 1.807) is 0 Å². The molecule has 1 saturated heterocycles. The molecule has 0 N–H and O–H groups in total. The van der Waals surface area contributed by atoms with Gasteiger partial charge in [0, 0.05) is 24.5 Å². The van der Waals surface area contributed by atoms with Gasteiger partial charge in [0.2, 0.25) is 0 Å². The number of halogens is 2. The number of nitrogens with zero attached hydrogens (tertiary/aromatic N) is 3. The molecule has 2 unspecified atom stereocenters. The third-order valence-corrected chi connectivity index (χ3v) is 5.78. The molecule has 0 amide bonds. The van der Waals surface area contributed by atoms with Crippen LogP contribution in [0.15, 0.2) is 4.47 Å². The van der Waals surface area contributed by atoms with E-state index in [2.05, 4.69) is 62.2 Å². The summed E-state index contributed by atoms with van der Waals surface area (Å²) >= 11 is 7.41. The largest absolute Gasteiger partial charge is 0.293 e. The van der Waals surface area contributed by atoms with Crippen LogP contribution in [0, 0.1) is 5.92 Å². The fraction of sp³-hybridized carbons (Fsp3) is 0.786. The lowest BCUT2D eigenvalue weighted by atomic mass is 10.1. The van der Waals surface area contributed by atoms with E-state index in [0.29, 0.717) is 6.04 Å². The lowest BCUT2D eigenvalue weighted by molar-refractivity contribution is 0.236. The molecule has 2 rings (SSSR count). The van der Waals surface area contributed by atoms with E-state index < -0.39 is 0 Å². The predicted octanol–water partition coefficient (Wildman–Crippen LogP) is 3.83. The maximum atomic E-state index is 4.69. The van der Waals surface area contributed by atoms with Gasteiger partial charge in [0.05, 0.1) is 15.9 Å². The highest BCUT2D eigenvalue weighted by atomic mass is 79.9. The maximum Gasteiger partial charge on any atom is 0.0767 e. The quantitative estimate of drug-likeness (QED) is 0.710. The van der Waals surface area contributed by atoms with Gasteiger partial charge >= 0.3 is 0 Å². The molecule has 108 valence electrons. The van der Waals surface area contributed by atoms with Gasteiger partial charge in [-0.2, -0.15) is 5.10 Å². The number of rotatable bonds is 5. The van der Waals surface area contributed by atoms with Gasteiger partial charge in [-0.05, 0) is 48.2 Å². The second kappa shape index (κ2) is 6.72. The Hall–Kier alpha value is 0.130. The van der Waals surface area contributed by atoms with Crippen molar-refractivity contribution in [2.24, 2.45) is 5.92 Å². The molecule has 1 aliphatic rings. The fourth-order valence-electron chi connectivity index (χ4n) is 2.89. The highest BCUT2D eigenvalue weighted by molar-refractivity contribution is 9.10. The second-order valence-electron chi connectivity index (χ2n) is 5.33. The third-order valence-electron chi connectivity index (χ3n) is 4.20. The molecular formula is C14H23Br2N3. The summed E-state index contributed by atoms with van der Waals surface area (Å²) < 4.78 is 3.36. The van der Waals surface area contributed by atoms with E-state index >= 15 is 0 Å². The molecule has 1 aliphatic heterocycles. The van der Waals surface area contributed by atoms with Crippen LogP contribution in [0.5, 0.6) is 0 Å². The van der Waals surface area contributed by atoms with Crippen LogP contribution >= 0.6 is 31.9 Å². The Labute approximate surface area is 133 Å². The van der Waals surface area contributed by atoms with Crippen LogP contribution in [0.4, 0.5) is 0 Å². The zero-order valence-electron chi connectivity index (χ0n) is 12.0. The van der Waals surface area contributed by atoms with Crippen molar-refractivity contribution in [1.82, 2.24) is 14.7 Å². The standard InChI is InChI=1S/C14H23Br2N3/c1-4-11-14(16)13(19(5-2)17-11)9-18-7-6-10(3)12(18)8-15/h10,12H,4-9H2,1-3H3. The first kappa shape index (κ1) is 15.5. The maximum absolute atomic E-state index is 4.69. The highest BCUT2D eigenvalue weighted by Crippen LogP contribution is 2.30. The molecular weight excluding hydrogens is 370 g/mol. The monoisotopic (exact) mass is 391 g/mol. The Morgan fingerprint density at radius 1 is 1.37 bits per heavy atom. The Kier molecular flexibility index (Phi) is 5.49. The molecule has 2 heterocycles. The smallest absolute Gasteiger partial charge is 0.0767 e. The van der Waals surface area contributed by atoms with E-state index in [9.17, 15) is 0 Å². The van der Waals surface area contributed by atoms with Crippen LogP contribution in [0.1, 0.15) is 38.6 Å². The van der Waals surface area contributed by atoms with Crippen molar-refractivity contribution in [3.8, 4) is 0 Å². The molecule has 1 fully saturated rings. The zero-order valence-corrected chi connectivity index (χ0v) is 15.2. The molecule has 0 aliphatic carbocycles. The summed E-state index contributed by atoms with van der Waals surface area (Å²) in [6.45, 7) is 9.82. The first-order valence-corrected chi connectivity index (χ1v) is 9.07. The number of hydrogen-bond donors (Lipinski definition) is 0. The van der Waals surface area contributed by atoms with Gasteiger partial charge in [0.1, 0.15) is 0 Å². The van der Waals surface area contributed by atoms with Crippen molar-refractivity contribution in [2.45, 2.75) is 52.7 Å². The van der Waals surface area contributed by atoms with Gasteiger partial charge in [0.15, 0.2) is 0 Å². The van der Waals surface area contributed by atoms with Crippen molar-refractivity contribution in [1.29, 1.82) is 0 Å². The van der Waals surface area contributed by atoms with Gasteiger partial charge in [-0.1, -0.05) is 29.8 Å². The summed E-state index contributed by atoms with van der Waals surface area (Å²) in [4.78, 5) is 2.59. The van der Waals surface area contributed by atoms with E-state index in [1.807, 2.05) is 0 Å². The Morgan fingerprint density at radius 3 is 2.68 bits per heavy atom. The molecule has 0 radical (unpaired) electrons. The average molecular weight is 393 g/mol. The summed E-state index contributed by atoms with van der Waals surface area (Å²) in [5.74, 6) is 0.779. The van der Waals surface area contributed by atoms with Crippen LogP contribution in [-0.4, -0.2) is 32.6 Å². The van der Waals surface area contributed by atoms with Crippen molar-refractivity contribution >= 4 is 31.9 Å². The average Bonchev–Trinajstić information content (AvgIpc) is 2.92. The zero-order chi connectivity index (χ0) is 14.0. The van der Waals surface area contributed by atoms with E-state index in [1.165, 1.54) is 28.8 Å². The first-order chi connectivity index (χ1) is 9.12. The number of likely N-dealkylation sites (tertiary alicyclic amines) is 1. The van der Waals surface area contributed by atoms with Gasteiger partial charge in [-0.25, -0.2) is 0 Å². The minimum absolute atomic E-state index is 0.650. The minimum Gasteiger partial charge on any atom is -0.293 e. The molecule has 0 bridgehead atoms. The first-order valence-electron chi connectivity index (χ1n) is 7.16. The highest BCUT2D eigenvalue weighted by Gasteiger charge is 2.31. The normalized spacial score (nSPS) is 24.3. The fourth-order valence-corrected chi connectivity index (χ4v) is 4.63. The molecule has 5 heteroatoms. The van der Waals surface area contributed by atoms with Crippen LogP contribution < -0.4 is 0 Å². The molecule has 2 atom stereocenters. The number of hydrogen-bond acceptors (Lipinski definition) is 2. The van der Waals surface area contributed by atoms with Crippen molar-refractivity contribution in [3.63, 3.8) is 0 Å². The van der Waals surface area contributed by atoms with E-state index in [0.717, 1.165) is 30.8 Å². The van der Waals surface area contributed by atoms with Crippen LogP contribution in [0.2, 0.25) is 0 Å². The van der Waals surface area contributed by atoms with E-state index in [-0.39, 0.29) is 0 Å². The Morgan fingerprint density at radius 2 is 2.11 bits per heavy atom. The van der Waals surface area contributed by atoms with Gasteiger partial charge in [0.25, 0.3) is 0 Å². The number of aryl methyl sites for hydroxylation is 2. The van der Waals surface area contributed by atoms with E-state index in [4.69, 9.17) is 5.10 Å². The third kappa shape index (κ3) is 3.08. The summed E-state index contributed by atoms with van der Waals surface area (Å²) in [5.41, 5.74) is 2.51. The lowest BCUT2D eigenvalue weighted by Gasteiger charge is -2.25. The lowest BCUT2D eigenvalue weighted by Crippen LogP contribution is -2.33. The minimum atomic E-state index is 0.650. The summed E-state index contributed by atoms with van der Waals surface area (Å²) in [6.07, 6.45) is 2.29. The molecule has 19 heavy (non-hydrogen) atoms. The van der Waals surface area contributed by atoms with Crippen molar-refractivity contribution < 1.29 is 0 Å². The Balaban J connectivity index is 2.21. The summed E-state index contributed by atoms with van der Waals surface area (Å²) in [7, 11) is 0. The predicted molar refractivity (Wildman–Crippen MR) is 86.8 cm³/mol. The van der Waals surface area contributed by atoms with Crippen LogP contribution in [0.25, 0.3) is 0 Å². The number of aromatic nitrogens is 2. The van der Waals surface area contributed by atoms with Crippen LogP contribution in [0.3, 0.4) is 0 Å². The number of alkyl halides is 1. The summed E-state index contributed by atoms with van der Waals surface area (Å²) in [5, 5.41) is 5.75. The molecule has 0 spiro atoms. The summed E-state index contributed by atoms with van der Waals surface area (Å²) in [6, 6.07) is 0.650. The molecule has 1 aromatic heterocycles. The van der Waals surface area contributed by atoms with Crippen molar-refractivity contribution in [3.05, 3.63) is 15.9 Å². The molecule has 0 aromatic carbocycles. The van der Waals surface area contributed by atoms with Crippen LogP contribution in [-0.2, 0) is 19.5 Å². The Bertz CT molecular complexity index is 431. The van der Waals surface area contributed by atoms with Gasteiger partial charge in [-0.15, -0.1) is 0 Å². The topological polar surface area (TPSA) is 21.1 Å². The van der Waals surface area contributed by atoms with Gasteiger partial charge in [-0.3, -0.25) is 9.58 Å². The van der Waals surface area contributed by atoms with Crippen molar-refractivity contribution in [2.75, 3.05) is 11.9 Å². The molecule has 1 aromatic rings. The molecule has 0 saturated carbocycles. The SMILES string of the molecule is CCc1nn(CC)c(CN2CCC(C)C2CBr)c1Br.